The molecule has 5 nitrogen and oxygen atoms in total. The zero-order valence-corrected chi connectivity index (χ0v) is 5.40. The van der Waals surface area contributed by atoms with Crippen LogP contribution in [0.25, 0.3) is 0 Å². The first-order valence-electron chi connectivity index (χ1n) is 2.63. The van der Waals surface area contributed by atoms with E-state index in [1.807, 2.05) is 0 Å². The van der Waals surface area contributed by atoms with Crippen LogP contribution in [0.5, 0.6) is 5.75 Å². The summed E-state index contributed by atoms with van der Waals surface area (Å²) in [6.45, 7) is 0. The van der Waals surface area contributed by atoms with Crippen LogP contribution in [0, 0.1) is 0 Å². The molecule has 1 heterocycles. The first kappa shape index (κ1) is 6.60. The highest BCUT2D eigenvalue weighted by Crippen LogP contribution is 2.20. The Morgan fingerprint density at radius 3 is 2.60 bits per heavy atom. The average molecular weight is 141 g/mol. The van der Waals surface area contributed by atoms with Gasteiger partial charge in [0.1, 0.15) is 5.69 Å². The lowest BCUT2D eigenvalue weighted by atomic mass is 10.4. The lowest BCUT2D eigenvalue weighted by Crippen LogP contribution is -1.96. The predicted octanol–water partition coefficient (Wildman–Crippen LogP) is -0.480. The highest BCUT2D eigenvalue weighted by molar-refractivity contribution is 5.79. The molecule has 0 aromatic carbocycles. The number of aromatic nitrogens is 2. The third-order valence-corrected chi connectivity index (χ3v) is 1.20. The molecule has 0 aliphatic heterocycles. The van der Waals surface area contributed by atoms with E-state index in [4.69, 9.17) is 10.8 Å². The predicted molar refractivity (Wildman–Crippen MR) is 34.7 cm³/mol. The molecule has 0 bridgehead atoms. The molecular weight excluding hydrogens is 134 g/mol. The van der Waals surface area contributed by atoms with Crippen molar-refractivity contribution in [3.8, 4) is 5.75 Å². The Hall–Kier alpha value is -1.52. The van der Waals surface area contributed by atoms with E-state index < -0.39 is 0 Å². The fourth-order valence-electron chi connectivity index (χ4n) is 0.679. The summed E-state index contributed by atoms with van der Waals surface area (Å²) in [6, 6.07) is 0. The third-order valence-electron chi connectivity index (χ3n) is 1.20. The number of hydrogen-bond donors (Lipinski definition) is 2. The van der Waals surface area contributed by atoms with E-state index in [-0.39, 0.29) is 17.3 Å². The number of anilines is 1. The van der Waals surface area contributed by atoms with E-state index in [1.165, 1.54) is 11.7 Å². The second-order valence-corrected chi connectivity index (χ2v) is 1.86. The summed E-state index contributed by atoms with van der Waals surface area (Å²) in [4.78, 5) is 10.2. The molecule has 1 rings (SSSR count). The van der Waals surface area contributed by atoms with Crippen LogP contribution in [0.4, 0.5) is 5.82 Å². The van der Waals surface area contributed by atoms with Crippen LogP contribution in [0.1, 0.15) is 10.5 Å². The molecule has 10 heavy (non-hydrogen) atoms. The molecule has 1 aromatic heterocycles. The minimum absolute atomic E-state index is 0.0235. The van der Waals surface area contributed by atoms with E-state index in [0.29, 0.717) is 6.29 Å². The Kier molecular flexibility index (Phi) is 1.33. The number of aldehydes is 1. The van der Waals surface area contributed by atoms with Gasteiger partial charge in [0.2, 0.25) is 0 Å². The molecule has 1 aromatic rings. The maximum Gasteiger partial charge on any atom is 0.188 e. The maximum atomic E-state index is 10.2. The number of carbonyl (C=O) groups excluding carboxylic acids is 1. The molecule has 0 aliphatic rings. The lowest BCUT2D eigenvalue weighted by Gasteiger charge is -1.88. The van der Waals surface area contributed by atoms with Crippen LogP contribution in [0.3, 0.4) is 0 Å². The van der Waals surface area contributed by atoms with Gasteiger partial charge in [-0.2, -0.15) is 5.10 Å². The molecule has 0 amide bonds. The summed E-state index contributed by atoms with van der Waals surface area (Å²) >= 11 is 0. The minimum atomic E-state index is -0.252. The lowest BCUT2D eigenvalue weighted by molar-refractivity contribution is 0.111. The van der Waals surface area contributed by atoms with Crippen LogP contribution in [-0.4, -0.2) is 21.2 Å². The van der Waals surface area contributed by atoms with Gasteiger partial charge in [0.25, 0.3) is 0 Å². The van der Waals surface area contributed by atoms with Crippen LogP contribution in [0.2, 0.25) is 0 Å². The quantitative estimate of drug-likeness (QED) is 0.517. The van der Waals surface area contributed by atoms with Crippen LogP contribution in [0.15, 0.2) is 0 Å². The largest absolute Gasteiger partial charge is 0.503 e. The van der Waals surface area contributed by atoms with Gasteiger partial charge in [-0.15, -0.1) is 0 Å². The smallest absolute Gasteiger partial charge is 0.188 e. The monoisotopic (exact) mass is 141 g/mol. The van der Waals surface area contributed by atoms with Gasteiger partial charge in [0.05, 0.1) is 0 Å². The number of nitrogen functional groups attached to an aromatic ring is 1. The number of carbonyl (C=O) groups is 1. The van der Waals surface area contributed by atoms with Crippen molar-refractivity contribution in [3.05, 3.63) is 5.69 Å². The zero-order chi connectivity index (χ0) is 7.72. The first-order valence-corrected chi connectivity index (χ1v) is 2.63. The summed E-state index contributed by atoms with van der Waals surface area (Å²) in [7, 11) is 1.53. The SMILES string of the molecule is Cn1nc(N)c(O)c1C=O. The average Bonchev–Trinajstić information content (AvgIpc) is 2.09. The van der Waals surface area contributed by atoms with Gasteiger partial charge in [0, 0.05) is 7.05 Å². The van der Waals surface area contributed by atoms with Crippen LogP contribution in [-0.2, 0) is 7.05 Å². The standard InChI is InChI=1S/C5H7N3O2/c1-8-3(2-9)4(10)5(6)7-8/h2,10H,1H3,(H2,6,7). The van der Waals surface area contributed by atoms with Crippen molar-refractivity contribution in [1.82, 2.24) is 9.78 Å². The topological polar surface area (TPSA) is 81.1 Å². The Bertz CT molecular complexity index is 266. The summed E-state index contributed by atoms with van der Waals surface area (Å²) in [5.74, 6) is -0.276. The molecule has 0 atom stereocenters. The Morgan fingerprint density at radius 1 is 1.80 bits per heavy atom. The number of aryl methyl sites for hydroxylation is 1. The number of rotatable bonds is 1. The van der Waals surface area contributed by atoms with E-state index >= 15 is 0 Å². The molecule has 54 valence electrons. The third kappa shape index (κ3) is 0.717. The van der Waals surface area contributed by atoms with Crippen molar-refractivity contribution in [3.63, 3.8) is 0 Å². The van der Waals surface area contributed by atoms with Crippen molar-refractivity contribution in [1.29, 1.82) is 0 Å². The molecule has 0 radical (unpaired) electrons. The van der Waals surface area contributed by atoms with Gasteiger partial charge >= 0.3 is 0 Å². The molecule has 0 aliphatic carbocycles. The van der Waals surface area contributed by atoms with Gasteiger partial charge in [-0.3, -0.25) is 9.48 Å². The summed E-state index contributed by atoms with van der Waals surface area (Å²) in [5, 5.41) is 12.6. The minimum Gasteiger partial charge on any atom is -0.503 e. The maximum absolute atomic E-state index is 10.2. The van der Waals surface area contributed by atoms with E-state index in [9.17, 15) is 4.79 Å². The normalized spacial score (nSPS) is 9.70. The van der Waals surface area contributed by atoms with Gasteiger partial charge in [-0.25, -0.2) is 0 Å². The van der Waals surface area contributed by atoms with Gasteiger partial charge in [-0.1, -0.05) is 0 Å². The van der Waals surface area contributed by atoms with Gasteiger partial charge < -0.3 is 10.8 Å². The molecule has 0 unspecified atom stereocenters. The first-order chi connectivity index (χ1) is 4.66. The molecule has 0 saturated carbocycles. The zero-order valence-electron chi connectivity index (χ0n) is 5.40. The number of hydrogen-bond acceptors (Lipinski definition) is 4. The van der Waals surface area contributed by atoms with Gasteiger partial charge in [0.15, 0.2) is 17.9 Å². The van der Waals surface area contributed by atoms with Crippen molar-refractivity contribution < 1.29 is 9.90 Å². The summed E-state index contributed by atoms with van der Waals surface area (Å²) in [5.41, 5.74) is 5.27. The highest BCUT2D eigenvalue weighted by atomic mass is 16.3. The molecule has 0 saturated heterocycles. The Morgan fingerprint density at radius 2 is 2.40 bits per heavy atom. The van der Waals surface area contributed by atoms with Crippen LogP contribution >= 0.6 is 0 Å². The molecular formula is C5H7N3O2. The van der Waals surface area contributed by atoms with E-state index in [0.717, 1.165) is 0 Å². The molecule has 0 spiro atoms. The summed E-state index contributed by atoms with van der Waals surface area (Å²) < 4.78 is 1.22. The van der Waals surface area contributed by atoms with Crippen molar-refractivity contribution in [2.75, 3.05) is 5.73 Å². The molecule has 5 heteroatoms. The van der Waals surface area contributed by atoms with Crippen molar-refractivity contribution in [2.45, 2.75) is 0 Å². The Labute approximate surface area is 57.1 Å². The number of nitrogens with two attached hydrogens (primary N) is 1. The number of aromatic hydroxyl groups is 1. The van der Waals surface area contributed by atoms with Gasteiger partial charge in [-0.05, 0) is 0 Å². The fraction of sp³-hybridized carbons (Fsp3) is 0.200. The van der Waals surface area contributed by atoms with Crippen molar-refractivity contribution >= 4 is 12.1 Å². The van der Waals surface area contributed by atoms with E-state index in [1.54, 1.807) is 0 Å². The summed E-state index contributed by atoms with van der Waals surface area (Å²) in [6.07, 6.45) is 0.499. The number of nitrogens with zero attached hydrogens (tertiary/aromatic N) is 2. The molecule has 3 N–H and O–H groups in total. The molecule has 0 fully saturated rings. The Balaban J connectivity index is 3.33. The second-order valence-electron chi connectivity index (χ2n) is 1.86. The van der Waals surface area contributed by atoms with Crippen LogP contribution < -0.4 is 5.73 Å². The highest BCUT2D eigenvalue weighted by Gasteiger charge is 2.10. The fourth-order valence-corrected chi connectivity index (χ4v) is 0.679. The second kappa shape index (κ2) is 2.02. The van der Waals surface area contributed by atoms with E-state index in [2.05, 4.69) is 5.10 Å². The van der Waals surface area contributed by atoms with Crippen molar-refractivity contribution in [2.24, 2.45) is 7.05 Å².